The summed E-state index contributed by atoms with van der Waals surface area (Å²) in [7, 11) is 1.37. The Balaban J connectivity index is 2.21. The highest BCUT2D eigenvalue weighted by atomic mass is 16.6. The van der Waals surface area contributed by atoms with Crippen LogP contribution in [0.2, 0.25) is 0 Å². The van der Waals surface area contributed by atoms with E-state index in [1.165, 1.54) is 7.11 Å². The molecule has 0 heterocycles. The van der Waals surface area contributed by atoms with Crippen LogP contribution < -0.4 is 11.2 Å². The molecule has 0 bridgehead atoms. The summed E-state index contributed by atoms with van der Waals surface area (Å²) in [6, 6.07) is 0.207. The summed E-state index contributed by atoms with van der Waals surface area (Å²) < 4.78 is 4.50. The van der Waals surface area contributed by atoms with Gasteiger partial charge in [0.2, 0.25) is 0 Å². The van der Waals surface area contributed by atoms with Crippen molar-refractivity contribution in [2.75, 3.05) is 7.11 Å². The smallest absolute Gasteiger partial charge is 0.407 e. The number of alkyl carbamates (subject to hydrolysis) is 1. The molecule has 76 valence electrons. The second-order valence-corrected chi connectivity index (χ2v) is 3.25. The first-order valence-corrected chi connectivity index (χ1v) is 4.46. The molecular formula is C8H16N2O3. The number of carbonyl (C=O) groups excluding carboxylic acids is 1. The molecule has 0 aromatic heterocycles. The highest BCUT2D eigenvalue weighted by molar-refractivity contribution is 5.67. The van der Waals surface area contributed by atoms with Gasteiger partial charge >= 0.3 is 6.09 Å². The molecule has 0 unspecified atom stereocenters. The highest BCUT2D eigenvalue weighted by Gasteiger charge is 2.22. The number of hydrogen-bond acceptors (Lipinski definition) is 4. The van der Waals surface area contributed by atoms with Crippen LogP contribution in [0.3, 0.4) is 0 Å². The lowest BCUT2D eigenvalue weighted by molar-refractivity contribution is 0.0217. The van der Waals surface area contributed by atoms with Gasteiger partial charge in [-0.2, -0.15) is 0 Å². The molecule has 3 N–H and O–H groups in total. The Bertz CT molecular complexity index is 167. The maximum absolute atomic E-state index is 10.8. The topological polar surface area (TPSA) is 73.6 Å². The van der Waals surface area contributed by atoms with Gasteiger partial charge in [0.15, 0.2) is 0 Å². The van der Waals surface area contributed by atoms with Crippen molar-refractivity contribution >= 4 is 6.09 Å². The molecule has 1 saturated carbocycles. The van der Waals surface area contributed by atoms with E-state index in [0.29, 0.717) is 0 Å². The van der Waals surface area contributed by atoms with Gasteiger partial charge in [-0.3, -0.25) is 0 Å². The van der Waals surface area contributed by atoms with Crippen LogP contribution in [0.4, 0.5) is 4.79 Å². The largest absolute Gasteiger partial charge is 0.453 e. The molecule has 0 aromatic carbocycles. The van der Waals surface area contributed by atoms with Gasteiger partial charge in [0.1, 0.15) is 0 Å². The molecule has 0 spiro atoms. The minimum atomic E-state index is -0.364. The van der Waals surface area contributed by atoms with E-state index < -0.39 is 0 Å². The van der Waals surface area contributed by atoms with Crippen LogP contribution in [-0.4, -0.2) is 25.3 Å². The normalized spacial score (nSPS) is 28.2. The van der Waals surface area contributed by atoms with Gasteiger partial charge in [-0.1, -0.05) is 0 Å². The molecular weight excluding hydrogens is 172 g/mol. The second kappa shape index (κ2) is 5.04. The van der Waals surface area contributed by atoms with Crippen molar-refractivity contribution in [2.45, 2.75) is 37.8 Å². The fourth-order valence-corrected chi connectivity index (χ4v) is 1.57. The van der Waals surface area contributed by atoms with Gasteiger partial charge in [0.25, 0.3) is 0 Å². The minimum absolute atomic E-state index is 0.149. The Kier molecular flexibility index (Phi) is 3.98. The quantitative estimate of drug-likeness (QED) is 0.620. The van der Waals surface area contributed by atoms with E-state index in [-0.39, 0.29) is 18.2 Å². The average molecular weight is 188 g/mol. The summed E-state index contributed by atoms with van der Waals surface area (Å²) in [5, 5.41) is 2.76. The number of nitrogens with two attached hydrogens (primary N) is 1. The molecule has 0 aliphatic heterocycles. The summed E-state index contributed by atoms with van der Waals surface area (Å²) in [5.74, 6) is 5.06. The van der Waals surface area contributed by atoms with Crippen molar-refractivity contribution in [1.82, 2.24) is 5.32 Å². The molecule has 13 heavy (non-hydrogen) atoms. The van der Waals surface area contributed by atoms with E-state index >= 15 is 0 Å². The van der Waals surface area contributed by atoms with E-state index in [1.807, 2.05) is 0 Å². The SMILES string of the molecule is COC(=O)NC1CCC(ON)CC1. The third-order valence-corrected chi connectivity index (χ3v) is 2.37. The van der Waals surface area contributed by atoms with Crippen LogP contribution in [-0.2, 0) is 9.57 Å². The zero-order chi connectivity index (χ0) is 9.68. The van der Waals surface area contributed by atoms with Crippen LogP contribution in [0.5, 0.6) is 0 Å². The highest BCUT2D eigenvalue weighted by Crippen LogP contribution is 2.19. The molecule has 1 amide bonds. The molecule has 1 fully saturated rings. The monoisotopic (exact) mass is 188 g/mol. The Morgan fingerprint density at radius 3 is 2.46 bits per heavy atom. The zero-order valence-electron chi connectivity index (χ0n) is 7.79. The molecule has 0 saturated heterocycles. The molecule has 1 aliphatic rings. The molecule has 0 radical (unpaired) electrons. The number of nitrogens with one attached hydrogen (secondary N) is 1. The van der Waals surface area contributed by atoms with Gasteiger partial charge in [-0.25, -0.2) is 10.7 Å². The molecule has 1 rings (SSSR count). The van der Waals surface area contributed by atoms with Crippen molar-refractivity contribution in [2.24, 2.45) is 5.90 Å². The predicted octanol–water partition coefficient (Wildman–Crippen LogP) is 0.544. The van der Waals surface area contributed by atoms with Gasteiger partial charge in [-0.15, -0.1) is 0 Å². The average Bonchev–Trinajstić information content (AvgIpc) is 2.19. The standard InChI is InChI=1S/C8H16N2O3/c1-12-8(11)10-6-2-4-7(13-9)5-3-6/h6-7H,2-5,9H2,1H3,(H,10,11). The Labute approximate surface area is 77.5 Å². The number of amides is 1. The van der Waals surface area contributed by atoms with Gasteiger partial charge in [-0.05, 0) is 25.7 Å². The first-order chi connectivity index (χ1) is 6.26. The number of rotatable bonds is 2. The van der Waals surface area contributed by atoms with Crippen molar-refractivity contribution in [3.63, 3.8) is 0 Å². The summed E-state index contributed by atoms with van der Waals surface area (Å²) >= 11 is 0. The molecule has 0 atom stereocenters. The first-order valence-electron chi connectivity index (χ1n) is 4.46. The summed E-state index contributed by atoms with van der Waals surface area (Å²) in [6.45, 7) is 0. The molecule has 1 aliphatic carbocycles. The van der Waals surface area contributed by atoms with Crippen LogP contribution in [0.15, 0.2) is 0 Å². The van der Waals surface area contributed by atoms with E-state index in [4.69, 9.17) is 10.7 Å². The summed E-state index contributed by atoms with van der Waals surface area (Å²) in [4.78, 5) is 15.6. The number of ether oxygens (including phenoxy) is 1. The lowest BCUT2D eigenvalue weighted by Crippen LogP contribution is -2.39. The Morgan fingerprint density at radius 2 is 2.00 bits per heavy atom. The fraction of sp³-hybridized carbons (Fsp3) is 0.875. The number of methoxy groups -OCH3 is 1. The predicted molar refractivity (Wildman–Crippen MR) is 46.9 cm³/mol. The van der Waals surface area contributed by atoms with Crippen LogP contribution in [0, 0.1) is 0 Å². The third kappa shape index (κ3) is 3.20. The maximum atomic E-state index is 10.8. The fourth-order valence-electron chi connectivity index (χ4n) is 1.57. The van der Waals surface area contributed by atoms with Crippen LogP contribution in [0.25, 0.3) is 0 Å². The Morgan fingerprint density at radius 1 is 1.38 bits per heavy atom. The zero-order valence-corrected chi connectivity index (χ0v) is 7.79. The van der Waals surface area contributed by atoms with E-state index in [0.717, 1.165) is 25.7 Å². The summed E-state index contributed by atoms with van der Waals surface area (Å²) in [5.41, 5.74) is 0. The minimum Gasteiger partial charge on any atom is -0.453 e. The van der Waals surface area contributed by atoms with Crippen LogP contribution >= 0.6 is 0 Å². The molecule has 5 nitrogen and oxygen atoms in total. The molecule has 0 aromatic rings. The summed E-state index contributed by atoms with van der Waals surface area (Å²) in [6.07, 6.45) is 3.37. The lowest BCUT2D eigenvalue weighted by Gasteiger charge is -2.26. The molecule has 5 heteroatoms. The van der Waals surface area contributed by atoms with Gasteiger partial charge < -0.3 is 14.9 Å². The van der Waals surface area contributed by atoms with E-state index in [1.54, 1.807) is 0 Å². The van der Waals surface area contributed by atoms with E-state index in [2.05, 4.69) is 10.1 Å². The maximum Gasteiger partial charge on any atom is 0.407 e. The first kappa shape index (κ1) is 10.3. The van der Waals surface area contributed by atoms with Crippen molar-refractivity contribution < 1.29 is 14.4 Å². The third-order valence-electron chi connectivity index (χ3n) is 2.37. The van der Waals surface area contributed by atoms with Gasteiger partial charge in [0, 0.05) is 6.04 Å². The number of carbonyl (C=O) groups is 1. The van der Waals surface area contributed by atoms with Gasteiger partial charge in [0.05, 0.1) is 13.2 Å². The number of hydrogen-bond donors (Lipinski definition) is 2. The van der Waals surface area contributed by atoms with Crippen molar-refractivity contribution in [3.05, 3.63) is 0 Å². The van der Waals surface area contributed by atoms with Crippen LogP contribution in [0.1, 0.15) is 25.7 Å². The van der Waals surface area contributed by atoms with Crippen molar-refractivity contribution in [3.8, 4) is 0 Å². The second-order valence-electron chi connectivity index (χ2n) is 3.25. The lowest BCUT2D eigenvalue weighted by atomic mass is 9.93. The van der Waals surface area contributed by atoms with Crippen molar-refractivity contribution in [1.29, 1.82) is 0 Å². The van der Waals surface area contributed by atoms with E-state index in [9.17, 15) is 4.79 Å². The Hall–Kier alpha value is -0.810.